The van der Waals surface area contributed by atoms with Gasteiger partial charge in [-0.1, -0.05) is 0 Å². The van der Waals surface area contributed by atoms with E-state index < -0.39 is 5.60 Å². The van der Waals surface area contributed by atoms with Crippen LogP contribution in [0, 0.1) is 3.57 Å². The van der Waals surface area contributed by atoms with Crippen molar-refractivity contribution in [1.82, 2.24) is 9.55 Å². The summed E-state index contributed by atoms with van der Waals surface area (Å²) >= 11 is 1.95. The van der Waals surface area contributed by atoms with Crippen LogP contribution in [-0.4, -0.2) is 20.3 Å². The van der Waals surface area contributed by atoms with E-state index in [-0.39, 0.29) is 5.56 Å². The summed E-state index contributed by atoms with van der Waals surface area (Å²) in [5.41, 5.74) is -0.800. The molecular weight excluding hydrogens is 295 g/mol. The third-order valence-electron chi connectivity index (χ3n) is 1.82. The van der Waals surface area contributed by atoms with Crippen LogP contribution in [-0.2, 0) is 6.54 Å². The molecule has 14 heavy (non-hydrogen) atoms. The molecule has 0 saturated carbocycles. The van der Waals surface area contributed by atoms with Crippen molar-refractivity contribution in [3.63, 3.8) is 0 Å². The molecule has 0 aromatic carbocycles. The summed E-state index contributed by atoms with van der Waals surface area (Å²) in [6.45, 7) is 3.94. The number of aromatic nitrogens is 2. The second-order valence-corrected chi connectivity index (χ2v) is 4.96. The summed E-state index contributed by atoms with van der Waals surface area (Å²) in [6, 6.07) is 0. The van der Waals surface area contributed by atoms with Gasteiger partial charge in [0.15, 0.2) is 0 Å². The molecule has 0 aliphatic rings. The van der Waals surface area contributed by atoms with Crippen molar-refractivity contribution in [2.24, 2.45) is 0 Å². The lowest BCUT2D eigenvalue weighted by Gasteiger charge is -2.17. The minimum absolute atomic E-state index is 0.0511. The largest absolute Gasteiger partial charge is 0.390 e. The van der Waals surface area contributed by atoms with Gasteiger partial charge in [-0.05, 0) is 42.9 Å². The van der Waals surface area contributed by atoms with Crippen LogP contribution in [0.4, 0.5) is 0 Å². The van der Waals surface area contributed by atoms with Crippen LogP contribution in [0.2, 0.25) is 0 Å². The number of hydrogen-bond donors (Lipinski definition) is 1. The predicted molar refractivity (Wildman–Crippen MR) is 62.1 cm³/mol. The molecule has 1 rings (SSSR count). The van der Waals surface area contributed by atoms with Crippen LogP contribution >= 0.6 is 22.6 Å². The summed E-state index contributed by atoms with van der Waals surface area (Å²) in [6.07, 6.45) is 3.56. The lowest BCUT2D eigenvalue weighted by molar-refractivity contribution is 0.0658. The fourth-order valence-corrected chi connectivity index (χ4v) is 1.45. The Morgan fingerprint density at radius 2 is 2.29 bits per heavy atom. The van der Waals surface area contributed by atoms with Crippen molar-refractivity contribution >= 4 is 22.6 Å². The van der Waals surface area contributed by atoms with E-state index in [1.165, 1.54) is 17.1 Å². The Hall–Kier alpha value is -0.430. The topological polar surface area (TPSA) is 55.1 Å². The van der Waals surface area contributed by atoms with Crippen molar-refractivity contribution in [2.75, 3.05) is 0 Å². The number of rotatable bonds is 3. The standard InChI is InChI=1S/C9H13IN2O2/c1-9(2,14)3-4-12-6-11-5-7(10)8(12)13/h5-6,14H,3-4H2,1-2H3. The average molecular weight is 308 g/mol. The highest BCUT2D eigenvalue weighted by Gasteiger charge is 2.12. The van der Waals surface area contributed by atoms with Gasteiger partial charge in [0.05, 0.1) is 15.5 Å². The highest BCUT2D eigenvalue weighted by molar-refractivity contribution is 14.1. The molecule has 0 unspecified atom stereocenters. The maximum Gasteiger partial charge on any atom is 0.266 e. The molecule has 0 aliphatic heterocycles. The van der Waals surface area contributed by atoms with Crippen molar-refractivity contribution in [2.45, 2.75) is 32.4 Å². The fourth-order valence-electron chi connectivity index (χ4n) is 0.977. The van der Waals surface area contributed by atoms with Crippen molar-refractivity contribution in [3.05, 3.63) is 26.4 Å². The Morgan fingerprint density at radius 3 is 2.86 bits per heavy atom. The Bertz CT molecular complexity index is 368. The number of hydrogen-bond acceptors (Lipinski definition) is 3. The van der Waals surface area contributed by atoms with E-state index in [9.17, 15) is 9.90 Å². The van der Waals surface area contributed by atoms with Crippen molar-refractivity contribution in [1.29, 1.82) is 0 Å². The molecule has 4 nitrogen and oxygen atoms in total. The maximum absolute atomic E-state index is 11.5. The zero-order valence-corrected chi connectivity index (χ0v) is 10.4. The summed E-state index contributed by atoms with van der Waals surface area (Å²) < 4.78 is 2.11. The van der Waals surface area contributed by atoms with Gasteiger partial charge in [-0.15, -0.1) is 0 Å². The van der Waals surface area contributed by atoms with Crippen molar-refractivity contribution < 1.29 is 5.11 Å². The van der Waals surface area contributed by atoms with Crippen LogP contribution in [0.25, 0.3) is 0 Å². The summed E-state index contributed by atoms with van der Waals surface area (Å²) in [5.74, 6) is 0. The molecule has 0 saturated heterocycles. The average Bonchev–Trinajstić information content (AvgIpc) is 2.06. The molecule has 0 bridgehead atoms. The first-order valence-electron chi connectivity index (χ1n) is 4.32. The Balaban J connectivity index is 2.78. The lowest BCUT2D eigenvalue weighted by Crippen LogP contribution is -2.27. The smallest absolute Gasteiger partial charge is 0.266 e. The Morgan fingerprint density at radius 1 is 1.64 bits per heavy atom. The summed E-state index contributed by atoms with van der Waals surface area (Å²) in [4.78, 5) is 15.4. The lowest BCUT2D eigenvalue weighted by atomic mass is 10.1. The minimum Gasteiger partial charge on any atom is -0.390 e. The Labute approximate surface area is 96.1 Å². The number of aliphatic hydroxyl groups is 1. The molecule has 1 N–H and O–H groups in total. The second kappa shape index (κ2) is 4.39. The fraction of sp³-hybridized carbons (Fsp3) is 0.556. The normalized spacial score (nSPS) is 11.7. The SMILES string of the molecule is CC(C)(O)CCn1cncc(I)c1=O. The first-order chi connectivity index (χ1) is 6.40. The maximum atomic E-state index is 11.5. The van der Waals surface area contributed by atoms with Crippen LogP contribution < -0.4 is 5.56 Å². The molecule has 0 fully saturated rings. The van der Waals surface area contributed by atoms with E-state index in [0.29, 0.717) is 16.5 Å². The van der Waals surface area contributed by atoms with Gasteiger partial charge < -0.3 is 5.11 Å². The molecule has 1 heterocycles. The van der Waals surface area contributed by atoms with Crippen LogP contribution in [0.3, 0.4) is 0 Å². The van der Waals surface area contributed by atoms with Crippen molar-refractivity contribution in [3.8, 4) is 0 Å². The number of halogens is 1. The molecule has 1 aromatic rings. The monoisotopic (exact) mass is 308 g/mol. The Kier molecular flexibility index (Phi) is 3.65. The summed E-state index contributed by atoms with van der Waals surface area (Å²) in [5, 5.41) is 9.50. The zero-order chi connectivity index (χ0) is 10.8. The van der Waals surface area contributed by atoms with Gasteiger partial charge in [-0.25, -0.2) is 4.98 Å². The third kappa shape index (κ3) is 3.38. The van der Waals surface area contributed by atoms with E-state index in [4.69, 9.17) is 0 Å². The van der Waals surface area contributed by atoms with Crippen LogP contribution in [0.15, 0.2) is 17.3 Å². The third-order valence-corrected chi connectivity index (χ3v) is 2.56. The van der Waals surface area contributed by atoms with Gasteiger partial charge in [0.25, 0.3) is 5.56 Å². The summed E-state index contributed by atoms with van der Waals surface area (Å²) in [7, 11) is 0. The van der Waals surface area contributed by atoms with E-state index in [0.717, 1.165) is 0 Å². The van der Waals surface area contributed by atoms with Crippen LogP contribution in [0.5, 0.6) is 0 Å². The first-order valence-corrected chi connectivity index (χ1v) is 5.40. The van der Waals surface area contributed by atoms with E-state index in [2.05, 4.69) is 4.98 Å². The highest BCUT2D eigenvalue weighted by atomic mass is 127. The molecule has 0 atom stereocenters. The molecule has 5 heteroatoms. The van der Waals surface area contributed by atoms with Gasteiger partial charge in [0, 0.05) is 12.7 Å². The van der Waals surface area contributed by atoms with Gasteiger partial charge in [0.1, 0.15) is 0 Å². The van der Waals surface area contributed by atoms with Gasteiger partial charge in [-0.2, -0.15) is 0 Å². The molecule has 1 aromatic heterocycles. The number of aryl methyl sites for hydroxylation is 1. The van der Waals surface area contributed by atoms with Crippen LogP contribution in [0.1, 0.15) is 20.3 Å². The molecule has 0 spiro atoms. The minimum atomic E-state index is -0.749. The molecule has 0 aliphatic carbocycles. The first kappa shape index (κ1) is 11.6. The molecule has 0 radical (unpaired) electrons. The highest BCUT2D eigenvalue weighted by Crippen LogP contribution is 2.07. The molecular formula is C9H13IN2O2. The zero-order valence-electron chi connectivity index (χ0n) is 8.20. The van der Waals surface area contributed by atoms with E-state index >= 15 is 0 Å². The van der Waals surface area contributed by atoms with Gasteiger partial charge >= 0.3 is 0 Å². The van der Waals surface area contributed by atoms with E-state index in [1.807, 2.05) is 22.6 Å². The van der Waals surface area contributed by atoms with E-state index in [1.54, 1.807) is 13.8 Å². The molecule has 0 amide bonds. The van der Waals surface area contributed by atoms with Gasteiger partial charge in [-0.3, -0.25) is 9.36 Å². The quantitative estimate of drug-likeness (QED) is 0.848. The second-order valence-electron chi connectivity index (χ2n) is 3.80. The predicted octanol–water partition coefficient (Wildman–Crippen LogP) is 1.01. The van der Waals surface area contributed by atoms with Gasteiger partial charge in [0.2, 0.25) is 0 Å². The molecule has 78 valence electrons. The number of nitrogens with zero attached hydrogens (tertiary/aromatic N) is 2.